The summed E-state index contributed by atoms with van der Waals surface area (Å²) in [4.78, 5) is 14.0. The molecule has 1 unspecified atom stereocenters. The SMILES string of the molecule is CC(C)CN1C=NC2=C(c3cccc(O)c3)NC(N3CCOCC3)=NC21. The van der Waals surface area contributed by atoms with Gasteiger partial charge in [0.15, 0.2) is 6.17 Å². The number of rotatable bonds is 3. The molecule has 0 aromatic heterocycles. The molecule has 26 heavy (non-hydrogen) atoms. The topological polar surface area (TPSA) is 72.7 Å². The molecule has 7 nitrogen and oxygen atoms in total. The molecule has 4 rings (SSSR count). The third-order valence-corrected chi connectivity index (χ3v) is 4.66. The van der Waals surface area contributed by atoms with Gasteiger partial charge in [-0.05, 0) is 18.1 Å². The van der Waals surface area contributed by atoms with Crippen LogP contribution in [0.1, 0.15) is 19.4 Å². The van der Waals surface area contributed by atoms with Crippen LogP contribution in [0, 0.1) is 5.92 Å². The first-order valence-electron chi connectivity index (χ1n) is 9.13. The Hall–Kier alpha value is -2.54. The molecular weight excluding hydrogens is 330 g/mol. The molecule has 138 valence electrons. The number of phenolic OH excluding ortho intramolecular Hbond substituents is 1. The highest BCUT2D eigenvalue weighted by Crippen LogP contribution is 2.31. The van der Waals surface area contributed by atoms with Crippen molar-refractivity contribution in [3.8, 4) is 5.75 Å². The number of nitrogens with zero attached hydrogens (tertiary/aromatic N) is 4. The van der Waals surface area contributed by atoms with Gasteiger partial charge in [0.1, 0.15) is 11.4 Å². The number of nitrogens with one attached hydrogen (secondary N) is 1. The van der Waals surface area contributed by atoms with Crippen LogP contribution in [0.25, 0.3) is 5.70 Å². The second-order valence-electron chi connectivity index (χ2n) is 7.20. The Labute approximate surface area is 153 Å². The Kier molecular flexibility index (Phi) is 4.55. The molecule has 0 saturated carbocycles. The molecule has 3 aliphatic rings. The van der Waals surface area contributed by atoms with Gasteiger partial charge in [-0.2, -0.15) is 0 Å². The van der Waals surface area contributed by atoms with Crippen molar-refractivity contribution in [3.63, 3.8) is 0 Å². The molecule has 7 heteroatoms. The molecule has 0 radical (unpaired) electrons. The highest BCUT2D eigenvalue weighted by Gasteiger charge is 2.34. The van der Waals surface area contributed by atoms with Crippen molar-refractivity contribution in [2.24, 2.45) is 15.9 Å². The first kappa shape index (κ1) is 16.9. The van der Waals surface area contributed by atoms with Crippen LogP contribution < -0.4 is 5.32 Å². The maximum absolute atomic E-state index is 9.91. The van der Waals surface area contributed by atoms with Crippen LogP contribution in [-0.4, -0.2) is 66.2 Å². The van der Waals surface area contributed by atoms with Crippen LogP contribution in [-0.2, 0) is 4.74 Å². The molecule has 1 atom stereocenters. The number of guanidine groups is 1. The number of benzene rings is 1. The molecule has 1 aromatic carbocycles. The zero-order valence-electron chi connectivity index (χ0n) is 15.2. The molecule has 3 heterocycles. The maximum atomic E-state index is 9.91. The Bertz CT molecular complexity index is 765. The summed E-state index contributed by atoms with van der Waals surface area (Å²) in [6.07, 6.45) is 1.75. The van der Waals surface area contributed by atoms with Gasteiger partial charge < -0.3 is 25.0 Å². The average molecular weight is 355 g/mol. The Morgan fingerprint density at radius 2 is 2.12 bits per heavy atom. The number of aromatic hydroxyl groups is 1. The fourth-order valence-electron chi connectivity index (χ4n) is 3.46. The minimum atomic E-state index is -0.131. The van der Waals surface area contributed by atoms with E-state index in [0.717, 1.165) is 42.6 Å². The van der Waals surface area contributed by atoms with E-state index in [1.54, 1.807) is 12.1 Å². The monoisotopic (exact) mass is 355 g/mol. The minimum Gasteiger partial charge on any atom is -0.508 e. The van der Waals surface area contributed by atoms with Crippen molar-refractivity contribution in [3.05, 3.63) is 35.5 Å². The summed E-state index contributed by atoms with van der Waals surface area (Å²) in [5.74, 6) is 1.60. The zero-order chi connectivity index (χ0) is 18.1. The van der Waals surface area contributed by atoms with E-state index < -0.39 is 0 Å². The quantitative estimate of drug-likeness (QED) is 0.863. The summed E-state index contributed by atoms with van der Waals surface area (Å²) in [5, 5.41) is 13.4. The molecule has 1 fully saturated rings. The predicted molar refractivity (Wildman–Crippen MR) is 102 cm³/mol. The molecule has 0 aliphatic carbocycles. The average Bonchev–Trinajstić information content (AvgIpc) is 3.04. The van der Waals surface area contributed by atoms with E-state index >= 15 is 0 Å². The van der Waals surface area contributed by atoms with E-state index in [9.17, 15) is 5.11 Å². The lowest BCUT2D eigenvalue weighted by atomic mass is 10.1. The molecule has 2 N–H and O–H groups in total. The van der Waals surface area contributed by atoms with Gasteiger partial charge in [0.25, 0.3) is 0 Å². The fraction of sp³-hybridized carbons (Fsp3) is 0.474. The molecular formula is C19H25N5O2. The van der Waals surface area contributed by atoms with E-state index in [0.29, 0.717) is 19.1 Å². The van der Waals surface area contributed by atoms with Gasteiger partial charge in [-0.15, -0.1) is 0 Å². The van der Waals surface area contributed by atoms with Gasteiger partial charge in [-0.1, -0.05) is 26.0 Å². The number of hydrogen-bond acceptors (Lipinski definition) is 7. The number of aliphatic imine (C=N–C) groups is 2. The lowest BCUT2D eigenvalue weighted by Crippen LogP contribution is -2.50. The third kappa shape index (κ3) is 3.26. The van der Waals surface area contributed by atoms with Crippen molar-refractivity contribution in [1.82, 2.24) is 15.1 Å². The lowest BCUT2D eigenvalue weighted by Gasteiger charge is -2.35. The standard InChI is InChI=1S/C19H25N5O2/c1-13(2)11-24-12-20-17-16(14-4-3-5-15(25)10-14)21-19(22-18(17)24)23-6-8-26-9-7-23/h3-5,10,12-13,18,25H,6-9,11H2,1-2H3,(H,21,22). The van der Waals surface area contributed by atoms with Gasteiger partial charge in [0.2, 0.25) is 5.96 Å². The Balaban J connectivity index is 1.71. The van der Waals surface area contributed by atoms with Crippen LogP contribution in [0.4, 0.5) is 0 Å². The van der Waals surface area contributed by atoms with Crippen molar-refractivity contribution in [1.29, 1.82) is 0 Å². The minimum absolute atomic E-state index is 0.131. The number of morpholine rings is 1. The molecule has 0 amide bonds. The van der Waals surface area contributed by atoms with Gasteiger partial charge in [0, 0.05) is 25.2 Å². The van der Waals surface area contributed by atoms with Crippen LogP contribution in [0.15, 0.2) is 39.9 Å². The van der Waals surface area contributed by atoms with Crippen molar-refractivity contribution < 1.29 is 9.84 Å². The van der Waals surface area contributed by atoms with E-state index in [4.69, 9.17) is 9.73 Å². The molecule has 0 spiro atoms. The number of hydrogen-bond donors (Lipinski definition) is 2. The van der Waals surface area contributed by atoms with E-state index in [1.165, 1.54) is 0 Å². The van der Waals surface area contributed by atoms with E-state index in [2.05, 4.69) is 34.0 Å². The summed E-state index contributed by atoms with van der Waals surface area (Å²) in [6.45, 7) is 8.31. The van der Waals surface area contributed by atoms with Gasteiger partial charge in [-0.3, -0.25) is 0 Å². The highest BCUT2D eigenvalue weighted by molar-refractivity contribution is 5.94. The molecule has 3 aliphatic heterocycles. The number of phenols is 1. The molecule has 1 saturated heterocycles. The normalized spacial score (nSPS) is 22.6. The summed E-state index contributed by atoms with van der Waals surface area (Å²) in [5.41, 5.74) is 2.72. The Morgan fingerprint density at radius 3 is 2.85 bits per heavy atom. The van der Waals surface area contributed by atoms with E-state index in [1.807, 2.05) is 18.5 Å². The van der Waals surface area contributed by atoms with E-state index in [-0.39, 0.29) is 11.9 Å². The maximum Gasteiger partial charge on any atom is 0.201 e. The van der Waals surface area contributed by atoms with Crippen molar-refractivity contribution in [2.75, 3.05) is 32.8 Å². The fourth-order valence-corrected chi connectivity index (χ4v) is 3.46. The number of fused-ring (bicyclic) bond motifs is 1. The van der Waals surface area contributed by atoms with Crippen LogP contribution in [0.2, 0.25) is 0 Å². The zero-order valence-corrected chi connectivity index (χ0v) is 15.2. The van der Waals surface area contributed by atoms with Crippen molar-refractivity contribution in [2.45, 2.75) is 20.0 Å². The summed E-state index contributed by atoms with van der Waals surface area (Å²) >= 11 is 0. The van der Waals surface area contributed by atoms with Crippen LogP contribution >= 0.6 is 0 Å². The van der Waals surface area contributed by atoms with Gasteiger partial charge >= 0.3 is 0 Å². The second kappa shape index (κ2) is 6.99. The second-order valence-corrected chi connectivity index (χ2v) is 7.20. The number of ether oxygens (including phenoxy) is 1. The smallest absolute Gasteiger partial charge is 0.201 e. The lowest BCUT2D eigenvalue weighted by molar-refractivity contribution is 0.0664. The summed E-state index contributed by atoms with van der Waals surface area (Å²) < 4.78 is 5.47. The first-order chi connectivity index (χ1) is 12.6. The van der Waals surface area contributed by atoms with Crippen LogP contribution in [0.3, 0.4) is 0 Å². The molecule has 0 bridgehead atoms. The van der Waals surface area contributed by atoms with Crippen molar-refractivity contribution >= 4 is 18.0 Å². The predicted octanol–water partition coefficient (Wildman–Crippen LogP) is 1.68. The summed E-state index contributed by atoms with van der Waals surface area (Å²) in [6, 6.07) is 7.26. The molecule has 1 aromatic rings. The first-order valence-corrected chi connectivity index (χ1v) is 9.13. The largest absolute Gasteiger partial charge is 0.508 e. The highest BCUT2D eigenvalue weighted by atomic mass is 16.5. The summed E-state index contributed by atoms with van der Waals surface area (Å²) in [7, 11) is 0. The Morgan fingerprint density at radius 1 is 1.31 bits per heavy atom. The third-order valence-electron chi connectivity index (χ3n) is 4.66. The van der Waals surface area contributed by atoms with Gasteiger partial charge in [-0.25, -0.2) is 9.98 Å². The van der Waals surface area contributed by atoms with Crippen LogP contribution in [0.5, 0.6) is 5.75 Å². The van der Waals surface area contributed by atoms with Gasteiger partial charge in [0.05, 0.1) is 25.2 Å².